The molecule has 0 atom stereocenters. The van der Waals surface area contributed by atoms with Gasteiger partial charge in [-0.05, 0) is 24.4 Å². The van der Waals surface area contributed by atoms with Crippen LogP contribution in [0.3, 0.4) is 0 Å². The van der Waals surface area contributed by atoms with Gasteiger partial charge >= 0.3 is 0 Å². The minimum absolute atomic E-state index is 0.00124. The Labute approximate surface area is 171 Å². The Morgan fingerprint density at radius 3 is 2.79 bits per heavy atom. The van der Waals surface area contributed by atoms with Crippen molar-refractivity contribution in [3.05, 3.63) is 35.0 Å². The lowest BCUT2D eigenvalue weighted by Crippen LogP contribution is -2.48. The lowest BCUT2D eigenvalue weighted by molar-refractivity contribution is -0.117. The molecular weight excluding hydrogens is 396 g/mol. The van der Waals surface area contributed by atoms with E-state index in [1.807, 2.05) is 22.9 Å². The molecule has 1 N–H and O–H groups in total. The van der Waals surface area contributed by atoms with E-state index < -0.39 is 0 Å². The SMILES string of the molecule is O=C(CN1CCN(CCCc2nc(-c3cccs3)no2)CC1)Nc1nccs1. The molecule has 0 unspecified atom stereocenters. The summed E-state index contributed by atoms with van der Waals surface area (Å²) in [4.78, 5) is 26.2. The molecule has 148 valence electrons. The molecule has 1 aliphatic rings. The Bertz CT molecular complexity index is 857. The number of piperazine rings is 1. The van der Waals surface area contributed by atoms with Crippen LogP contribution in [-0.4, -0.2) is 70.1 Å². The molecule has 8 nitrogen and oxygen atoms in total. The van der Waals surface area contributed by atoms with Gasteiger partial charge in [0, 0.05) is 44.2 Å². The molecule has 0 spiro atoms. The number of hydrogen-bond donors (Lipinski definition) is 1. The van der Waals surface area contributed by atoms with E-state index in [1.165, 1.54) is 11.3 Å². The van der Waals surface area contributed by atoms with Gasteiger partial charge in [-0.15, -0.1) is 22.7 Å². The quantitative estimate of drug-likeness (QED) is 0.601. The van der Waals surface area contributed by atoms with Gasteiger partial charge in [-0.2, -0.15) is 4.98 Å². The molecule has 4 heterocycles. The Morgan fingerprint density at radius 2 is 2.04 bits per heavy atom. The molecule has 0 bridgehead atoms. The average Bonchev–Trinajstić information content (AvgIpc) is 3.45. The summed E-state index contributed by atoms with van der Waals surface area (Å²) < 4.78 is 5.35. The highest BCUT2D eigenvalue weighted by Crippen LogP contribution is 2.21. The van der Waals surface area contributed by atoms with Crippen molar-refractivity contribution in [2.75, 3.05) is 44.6 Å². The van der Waals surface area contributed by atoms with Crippen molar-refractivity contribution in [1.82, 2.24) is 24.9 Å². The number of rotatable bonds is 8. The second-order valence-electron chi connectivity index (χ2n) is 6.60. The summed E-state index contributed by atoms with van der Waals surface area (Å²) in [6.07, 6.45) is 3.46. The molecule has 4 rings (SSSR count). The predicted molar refractivity (Wildman–Crippen MR) is 110 cm³/mol. The third-order valence-electron chi connectivity index (χ3n) is 4.59. The van der Waals surface area contributed by atoms with Gasteiger partial charge in [-0.3, -0.25) is 9.69 Å². The Kier molecular flexibility index (Phi) is 6.42. The van der Waals surface area contributed by atoms with E-state index in [0.29, 0.717) is 23.4 Å². The molecular formula is C18H22N6O2S2. The van der Waals surface area contributed by atoms with Gasteiger partial charge in [0.05, 0.1) is 11.4 Å². The van der Waals surface area contributed by atoms with Crippen molar-refractivity contribution in [1.29, 1.82) is 0 Å². The molecule has 0 radical (unpaired) electrons. The molecule has 3 aromatic rings. The van der Waals surface area contributed by atoms with Crippen LogP contribution in [0.25, 0.3) is 10.7 Å². The minimum Gasteiger partial charge on any atom is -0.339 e. The lowest BCUT2D eigenvalue weighted by atomic mass is 10.2. The summed E-state index contributed by atoms with van der Waals surface area (Å²) in [5.74, 6) is 1.37. The number of aromatic nitrogens is 3. The zero-order valence-electron chi connectivity index (χ0n) is 15.4. The number of carbonyl (C=O) groups excluding carboxylic acids is 1. The van der Waals surface area contributed by atoms with Gasteiger partial charge in [-0.1, -0.05) is 11.2 Å². The normalized spacial score (nSPS) is 15.7. The van der Waals surface area contributed by atoms with Crippen molar-refractivity contribution in [3.8, 4) is 10.7 Å². The summed E-state index contributed by atoms with van der Waals surface area (Å²) in [6.45, 7) is 5.14. The highest BCUT2D eigenvalue weighted by Gasteiger charge is 2.19. The molecule has 1 fully saturated rings. The van der Waals surface area contributed by atoms with Crippen molar-refractivity contribution < 1.29 is 9.32 Å². The van der Waals surface area contributed by atoms with Crippen molar-refractivity contribution in [2.45, 2.75) is 12.8 Å². The highest BCUT2D eigenvalue weighted by molar-refractivity contribution is 7.13. The number of nitrogens with zero attached hydrogens (tertiary/aromatic N) is 5. The number of nitrogens with one attached hydrogen (secondary N) is 1. The van der Waals surface area contributed by atoms with E-state index in [1.54, 1.807) is 17.5 Å². The number of thiophene rings is 1. The fraction of sp³-hybridized carbons (Fsp3) is 0.444. The van der Waals surface area contributed by atoms with Crippen LogP contribution in [0.15, 0.2) is 33.6 Å². The van der Waals surface area contributed by atoms with Gasteiger partial charge < -0.3 is 14.7 Å². The molecule has 1 amide bonds. The van der Waals surface area contributed by atoms with Crippen LogP contribution >= 0.6 is 22.7 Å². The predicted octanol–water partition coefficient (Wildman–Crippen LogP) is 2.44. The average molecular weight is 419 g/mol. The molecule has 3 aromatic heterocycles. The lowest BCUT2D eigenvalue weighted by Gasteiger charge is -2.34. The Balaban J connectivity index is 1.14. The van der Waals surface area contributed by atoms with E-state index >= 15 is 0 Å². The standard InChI is InChI=1S/C18H22N6O2S2/c25-15(20-18-19-5-12-28-18)13-24-9-7-23(8-10-24)6-1-4-16-21-17(22-26-16)14-3-2-11-27-14/h2-3,5,11-12H,1,4,6-10,13H2,(H,19,20,25). The largest absolute Gasteiger partial charge is 0.339 e. The first-order valence-corrected chi connectivity index (χ1v) is 11.0. The second kappa shape index (κ2) is 9.37. The van der Waals surface area contributed by atoms with Crippen molar-refractivity contribution >= 4 is 33.7 Å². The van der Waals surface area contributed by atoms with Crippen LogP contribution in [0.5, 0.6) is 0 Å². The number of hydrogen-bond acceptors (Lipinski definition) is 9. The number of carbonyl (C=O) groups is 1. The first-order valence-electron chi connectivity index (χ1n) is 9.27. The van der Waals surface area contributed by atoms with Gasteiger partial charge in [0.15, 0.2) is 5.13 Å². The molecule has 0 saturated carbocycles. The topological polar surface area (TPSA) is 87.4 Å². The van der Waals surface area contributed by atoms with E-state index in [0.717, 1.165) is 50.4 Å². The second-order valence-corrected chi connectivity index (χ2v) is 8.44. The van der Waals surface area contributed by atoms with Gasteiger partial charge in [0.1, 0.15) is 0 Å². The Morgan fingerprint density at radius 1 is 1.18 bits per heavy atom. The molecule has 1 saturated heterocycles. The fourth-order valence-electron chi connectivity index (χ4n) is 3.13. The zero-order valence-corrected chi connectivity index (χ0v) is 17.0. The number of amides is 1. The van der Waals surface area contributed by atoms with E-state index in [4.69, 9.17) is 4.52 Å². The van der Waals surface area contributed by atoms with Crippen LogP contribution in [0, 0.1) is 0 Å². The molecule has 0 aliphatic carbocycles. The summed E-state index contributed by atoms with van der Waals surface area (Å²) >= 11 is 3.05. The Hall–Kier alpha value is -2.14. The third-order valence-corrected chi connectivity index (χ3v) is 6.14. The molecule has 1 aliphatic heterocycles. The third kappa shape index (κ3) is 5.22. The van der Waals surface area contributed by atoms with E-state index in [-0.39, 0.29) is 5.91 Å². The van der Waals surface area contributed by atoms with Crippen LogP contribution < -0.4 is 5.32 Å². The van der Waals surface area contributed by atoms with Crippen molar-refractivity contribution in [3.63, 3.8) is 0 Å². The van der Waals surface area contributed by atoms with Crippen LogP contribution in [0.2, 0.25) is 0 Å². The summed E-state index contributed by atoms with van der Waals surface area (Å²) in [5, 5.41) is 11.4. The highest BCUT2D eigenvalue weighted by atomic mass is 32.1. The van der Waals surface area contributed by atoms with E-state index in [9.17, 15) is 4.79 Å². The fourth-order valence-corrected chi connectivity index (χ4v) is 4.33. The summed E-state index contributed by atoms with van der Waals surface area (Å²) in [5.41, 5.74) is 0. The minimum atomic E-state index is 0.00124. The smallest absolute Gasteiger partial charge is 0.240 e. The number of aryl methyl sites for hydroxylation is 1. The monoisotopic (exact) mass is 418 g/mol. The molecule has 28 heavy (non-hydrogen) atoms. The summed E-state index contributed by atoms with van der Waals surface area (Å²) in [7, 11) is 0. The maximum atomic E-state index is 12.1. The number of anilines is 1. The van der Waals surface area contributed by atoms with Crippen LogP contribution in [0.1, 0.15) is 12.3 Å². The van der Waals surface area contributed by atoms with Crippen LogP contribution in [0.4, 0.5) is 5.13 Å². The van der Waals surface area contributed by atoms with Gasteiger partial charge in [0.25, 0.3) is 0 Å². The summed E-state index contributed by atoms with van der Waals surface area (Å²) in [6, 6.07) is 3.98. The molecule has 10 heteroatoms. The van der Waals surface area contributed by atoms with Gasteiger partial charge in [0.2, 0.25) is 17.6 Å². The van der Waals surface area contributed by atoms with Gasteiger partial charge in [-0.25, -0.2) is 4.98 Å². The molecule has 0 aromatic carbocycles. The van der Waals surface area contributed by atoms with Crippen LogP contribution in [-0.2, 0) is 11.2 Å². The first-order chi connectivity index (χ1) is 13.8. The van der Waals surface area contributed by atoms with E-state index in [2.05, 4.69) is 30.2 Å². The first kappa shape index (κ1) is 19.2. The maximum Gasteiger partial charge on any atom is 0.240 e. The van der Waals surface area contributed by atoms with Crippen molar-refractivity contribution in [2.24, 2.45) is 0 Å². The number of thiazole rings is 1. The zero-order chi connectivity index (χ0) is 19.2. The maximum absolute atomic E-state index is 12.1.